The van der Waals surface area contributed by atoms with Gasteiger partial charge in [0.1, 0.15) is 0 Å². The van der Waals surface area contributed by atoms with Gasteiger partial charge in [0, 0.05) is 27.7 Å². The third-order valence-corrected chi connectivity index (χ3v) is 4.24. The lowest BCUT2D eigenvalue weighted by Crippen LogP contribution is -2.12. The predicted molar refractivity (Wildman–Crippen MR) is 95.5 cm³/mol. The minimum Gasteiger partial charge on any atom is -0.403 e. The third kappa shape index (κ3) is 2.78. The average molecular weight is 332 g/mol. The zero-order valence-electron chi connectivity index (χ0n) is 13.8. The van der Waals surface area contributed by atoms with Crippen LogP contribution in [-0.2, 0) is 0 Å². The van der Waals surface area contributed by atoms with Crippen LogP contribution in [0.25, 0.3) is 22.4 Å². The number of carbonyl (C=O) groups excluding carboxylic acids is 1. The molecular formula is C19H16N4O2. The summed E-state index contributed by atoms with van der Waals surface area (Å²) in [7, 11) is 0. The molecule has 0 bridgehead atoms. The largest absolute Gasteiger partial charge is 0.403 e. The van der Waals surface area contributed by atoms with Gasteiger partial charge in [-0.3, -0.25) is 10.1 Å². The van der Waals surface area contributed by atoms with Crippen LogP contribution in [-0.4, -0.2) is 21.1 Å². The molecule has 0 spiro atoms. The second kappa shape index (κ2) is 5.90. The number of fused-ring (bicyclic) bond motifs is 1. The number of benzene rings is 2. The summed E-state index contributed by atoms with van der Waals surface area (Å²) in [4.78, 5) is 15.8. The minimum atomic E-state index is -0.289. The van der Waals surface area contributed by atoms with Gasteiger partial charge in [-0.1, -0.05) is 23.3 Å². The van der Waals surface area contributed by atoms with Crippen molar-refractivity contribution < 1.29 is 9.21 Å². The quantitative estimate of drug-likeness (QED) is 0.592. The van der Waals surface area contributed by atoms with E-state index in [1.54, 1.807) is 6.07 Å². The lowest BCUT2D eigenvalue weighted by Gasteiger charge is -2.01. The molecule has 1 amide bonds. The standard InChI is InChI=1S/C19H16N4O2/c1-11-12(2)20-16-9-8-14(10-15(11)16)17(24)21-19-23-22-18(25-19)13-6-4-3-5-7-13/h3-10,20H,1-2H3,(H,21,23,24). The van der Waals surface area contributed by atoms with Gasteiger partial charge in [-0.05, 0) is 49.7 Å². The number of carbonyl (C=O) groups is 1. The van der Waals surface area contributed by atoms with Gasteiger partial charge in [0.25, 0.3) is 5.91 Å². The van der Waals surface area contributed by atoms with Crippen molar-refractivity contribution in [2.45, 2.75) is 13.8 Å². The van der Waals surface area contributed by atoms with E-state index < -0.39 is 0 Å². The van der Waals surface area contributed by atoms with Crippen molar-refractivity contribution in [3.63, 3.8) is 0 Å². The fourth-order valence-electron chi connectivity index (χ4n) is 2.74. The Kier molecular flexibility index (Phi) is 3.57. The smallest absolute Gasteiger partial charge is 0.322 e. The molecule has 2 aromatic heterocycles. The Morgan fingerprint density at radius 1 is 1.08 bits per heavy atom. The van der Waals surface area contributed by atoms with Crippen LogP contribution in [0.4, 0.5) is 6.01 Å². The number of aromatic nitrogens is 3. The summed E-state index contributed by atoms with van der Waals surface area (Å²) in [5, 5.41) is 11.5. The molecule has 6 heteroatoms. The topological polar surface area (TPSA) is 83.8 Å². The molecule has 0 saturated carbocycles. The number of aryl methyl sites for hydroxylation is 2. The van der Waals surface area contributed by atoms with Crippen molar-refractivity contribution in [1.29, 1.82) is 0 Å². The number of rotatable bonds is 3. The molecule has 2 aromatic carbocycles. The highest BCUT2D eigenvalue weighted by Crippen LogP contribution is 2.23. The van der Waals surface area contributed by atoms with Crippen molar-refractivity contribution in [2.75, 3.05) is 5.32 Å². The van der Waals surface area contributed by atoms with Crippen molar-refractivity contribution in [1.82, 2.24) is 15.2 Å². The van der Waals surface area contributed by atoms with Gasteiger partial charge in [-0.15, -0.1) is 5.10 Å². The van der Waals surface area contributed by atoms with Crippen LogP contribution in [0.1, 0.15) is 21.6 Å². The highest BCUT2D eigenvalue weighted by atomic mass is 16.4. The van der Waals surface area contributed by atoms with E-state index >= 15 is 0 Å². The lowest BCUT2D eigenvalue weighted by molar-refractivity contribution is 0.102. The minimum absolute atomic E-state index is 0.0749. The Balaban J connectivity index is 1.58. The fraction of sp³-hybridized carbons (Fsp3) is 0.105. The molecule has 4 aromatic rings. The third-order valence-electron chi connectivity index (χ3n) is 4.24. The molecule has 2 heterocycles. The van der Waals surface area contributed by atoms with Gasteiger partial charge in [0.2, 0.25) is 5.89 Å². The van der Waals surface area contributed by atoms with Gasteiger partial charge in [-0.2, -0.15) is 0 Å². The number of hydrogen-bond donors (Lipinski definition) is 2. The Morgan fingerprint density at radius 2 is 1.88 bits per heavy atom. The number of nitrogens with one attached hydrogen (secondary N) is 2. The van der Waals surface area contributed by atoms with E-state index in [1.165, 1.54) is 0 Å². The first-order valence-electron chi connectivity index (χ1n) is 7.91. The molecule has 0 aliphatic heterocycles. The monoisotopic (exact) mass is 332 g/mol. The van der Waals surface area contributed by atoms with Crippen molar-refractivity contribution in [2.24, 2.45) is 0 Å². The van der Waals surface area contributed by atoms with E-state index in [2.05, 4.69) is 20.5 Å². The number of aromatic amines is 1. The predicted octanol–water partition coefficient (Wildman–Crippen LogP) is 4.09. The lowest BCUT2D eigenvalue weighted by atomic mass is 10.1. The normalized spacial score (nSPS) is 11.0. The van der Waals surface area contributed by atoms with E-state index in [9.17, 15) is 4.79 Å². The summed E-state index contributed by atoms with van der Waals surface area (Å²) >= 11 is 0. The Labute approximate surface area is 143 Å². The van der Waals surface area contributed by atoms with Crippen LogP contribution in [0.3, 0.4) is 0 Å². The first kappa shape index (κ1) is 15.1. The Morgan fingerprint density at radius 3 is 2.68 bits per heavy atom. The molecule has 0 aliphatic carbocycles. The van der Waals surface area contributed by atoms with Gasteiger partial charge < -0.3 is 9.40 Å². The van der Waals surface area contributed by atoms with Crippen molar-refractivity contribution in [3.8, 4) is 11.5 Å². The average Bonchev–Trinajstić information content (AvgIpc) is 3.21. The molecule has 25 heavy (non-hydrogen) atoms. The summed E-state index contributed by atoms with van der Waals surface area (Å²) in [5.41, 5.74) is 4.57. The van der Waals surface area contributed by atoms with Crippen LogP contribution in [0.15, 0.2) is 52.9 Å². The highest BCUT2D eigenvalue weighted by molar-refractivity contribution is 6.05. The maximum atomic E-state index is 12.5. The van der Waals surface area contributed by atoms with E-state index in [-0.39, 0.29) is 11.9 Å². The zero-order chi connectivity index (χ0) is 17.4. The second-order valence-corrected chi connectivity index (χ2v) is 5.87. The Hall–Kier alpha value is -3.41. The highest BCUT2D eigenvalue weighted by Gasteiger charge is 2.14. The summed E-state index contributed by atoms with van der Waals surface area (Å²) < 4.78 is 5.52. The van der Waals surface area contributed by atoms with Crippen LogP contribution in [0, 0.1) is 13.8 Å². The summed E-state index contributed by atoms with van der Waals surface area (Å²) in [6.45, 7) is 4.04. The van der Waals surface area contributed by atoms with Crippen LogP contribution >= 0.6 is 0 Å². The number of H-pyrrole nitrogens is 1. The molecular weight excluding hydrogens is 316 g/mol. The number of anilines is 1. The number of amides is 1. The van der Waals surface area contributed by atoms with Crippen LogP contribution < -0.4 is 5.32 Å². The van der Waals surface area contributed by atoms with Crippen LogP contribution in [0.5, 0.6) is 0 Å². The first-order valence-corrected chi connectivity index (χ1v) is 7.91. The van der Waals surface area contributed by atoms with Crippen molar-refractivity contribution in [3.05, 3.63) is 65.4 Å². The number of nitrogens with zero attached hydrogens (tertiary/aromatic N) is 2. The second-order valence-electron chi connectivity index (χ2n) is 5.87. The molecule has 0 unspecified atom stereocenters. The summed E-state index contributed by atoms with van der Waals surface area (Å²) in [6.07, 6.45) is 0. The molecule has 124 valence electrons. The van der Waals surface area contributed by atoms with Gasteiger partial charge in [0.15, 0.2) is 0 Å². The molecule has 0 atom stereocenters. The summed E-state index contributed by atoms with van der Waals surface area (Å²) in [5.74, 6) is 0.0758. The van der Waals surface area contributed by atoms with E-state index in [0.717, 1.165) is 27.7 Å². The molecule has 0 aliphatic rings. The van der Waals surface area contributed by atoms with Gasteiger partial charge >= 0.3 is 6.01 Å². The maximum absolute atomic E-state index is 12.5. The fourth-order valence-corrected chi connectivity index (χ4v) is 2.74. The van der Waals surface area contributed by atoms with Crippen LogP contribution in [0.2, 0.25) is 0 Å². The summed E-state index contributed by atoms with van der Waals surface area (Å²) in [6, 6.07) is 15.0. The van der Waals surface area contributed by atoms with Gasteiger partial charge in [0.05, 0.1) is 0 Å². The molecule has 4 rings (SSSR count). The van der Waals surface area contributed by atoms with Gasteiger partial charge in [-0.25, -0.2) is 0 Å². The first-order chi connectivity index (χ1) is 12.1. The van der Waals surface area contributed by atoms with E-state index in [4.69, 9.17) is 4.42 Å². The molecule has 0 saturated heterocycles. The molecule has 0 radical (unpaired) electrons. The molecule has 2 N–H and O–H groups in total. The number of hydrogen-bond acceptors (Lipinski definition) is 4. The molecule has 6 nitrogen and oxygen atoms in total. The molecule has 0 fully saturated rings. The van der Waals surface area contributed by atoms with E-state index in [1.807, 2.05) is 56.3 Å². The SMILES string of the molecule is Cc1[nH]c2ccc(C(=O)Nc3nnc(-c4ccccc4)o3)cc2c1C. The van der Waals surface area contributed by atoms with Crippen molar-refractivity contribution >= 4 is 22.8 Å². The zero-order valence-corrected chi connectivity index (χ0v) is 13.8. The Bertz CT molecular complexity index is 1060. The maximum Gasteiger partial charge on any atom is 0.322 e. The van der Waals surface area contributed by atoms with E-state index in [0.29, 0.717) is 11.5 Å².